The first-order valence-electron chi connectivity index (χ1n) is 10.2. The van der Waals surface area contributed by atoms with Crippen LogP contribution in [0.4, 0.5) is 5.69 Å². The van der Waals surface area contributed by atoms with E-state index in [-0.39, 0.29) is 5.91 Å². The molecular formula is C25H28N2O2. The van der Waals surface area contributed by atoms with E-state index in [0.29, 0.717) is 17.0 Å². The van der Waals surface area contributed by atoms with E-state index >= 15 is 0 Å². The summed E-state index contributed by atoms with van der Waals surface area (Å²) in [5.41, 5.74) is 4.22. The lowest BCUT2D eigenvalue weighted by molar-refractivity contribution is 0.102. The molecule has 1 heterocycles. The van der Waals surface area contributed by atoms with Crippen molar-refractivity contribution in [3.63, 3.8) is 0 Å². The van der Waals surface area contributed by atoms with Crippen molar-refractivity contribution < 1.29 is 9.53 Å². The Balaban J connectivity index is 1.74. The van der Waals surface area contributed by atoms with Gasteiger partial charge in [-0.1, -0.05) is 51.0 Å². The molecule has 2 aromatic carbocycles. The second kappa shape index (κ2) is 9.87. The second-order valence-corrected chi connectivity index (χ2v) is 7.13. The summed E-state index contributed by atoms with van der Waals surface area (Å²) in [6.45, 7) is 6.14. The summed E-state index contributed by atoms with van der Waals surface area (Å²) in [6.07, 6.45) is 3.97. The summed E-state index contributed by atoms with van der Waals surface area (Å²) in [7, 11) is 0. The number of ether oxygens (including phenoxy) is 1. The van der Waals surface area contributed by atoms with E-state index in [0.717, 1.165) is 42.8 Å². The van der Waals surface area contributed by atoms with Crippen molar-refractivity contribution in [1.29, 1.82) is 0 Å². The molecule has 0 aliphatic carbocycles. The zero-order valence-corrected chi connectivity index (χ0v) is 17.4. The normalized spacial score (nSPS) is 10.6. The van der Waals surface area contributed by atoms with Crippen LogP contribution in [0.15, 0.2) is 60.7 Å². The van der Waals surface area contributed by atoms with Crippen LogP contribution in [0.3, 0.4) is 0 Å². The second-order valence-electron chi connectivity index (χ2n) is 7.13. The standard InChI is InChI=1S/C25H28N2O2/c1-4-9-19-11-6-7-14-24(19)29-22-13-8-12-21(17-22)27-25(28)23-16-15-20(10-5-2)26-18(23)3/h6-8,11-17H,4-5,9-10H2,1-3H3,(H,27,28). The van der Waals surface area contributed by atoms with E-state index in [4.69, 9.17) is 4.74 Å². The first-order chi connectivity index (χ1) is 14.1. The summed E-state index contributed by atoms with van der Waals surface area (Å²) in [5, 5.41) is 2.96. The molecule has 1 aromatic heterocycles. The van der Waals surface area contributed by atoms with Gasteiger partial charge in [-0.3, -0.25) is 9.78 Å². The van der Waals surface area contributed by atoms with E-state index < -0.39 is 0 Å². The monoisotopic (exact) mass is 388 g/mol. The summed E-state index contributed by atoms with van der Waals surface area (Å²) in [6, 6.07) is 19.3. The molecule has 0 fully saturated rings. The number of nitrogens with zero attached hydrogens (tertiary/aromatic N) is 1. The molecule has 0 bridgehead atoms. The van der Waals surface area contributed by atoms with Crippen LogP contribution >= 0.6 is 0 Å². The third-order valence-corrected chi connectivity index (χ3v) is 4.71. The number of anilines is 1. The van der Waals surface area contributed by atoms with Gasteiger partial charge in [-0.25, -0.2) is 0 Å². The topological polar surface area (TPSA) is 51.2 Å². The molecule has 1 amide bonds. The Bertz CT molecular complexity index is 982. The molecule has 0 saturated carbocycles. The van der Waals surface area contributed by atoms with Gasteiger partial charge in [0.2, 0.25) is 0 Å². The predicted octanol–water partition coefficient (Wildman–Crippen LogP) is 6.34. The number of aryl methyl sites for hydroxylation is 3. The molecule has 4 heteroatoms. The van der Waals surface area contributed by atoms with Gasteiger partial charge in [0.15, 0.2) is 0 Å². The van der Waals surface area contributed by atoms with E-state index in [1.807, 2.05) is 61.5 Å². The summed E-state index contributed by atoms with van der Waals surface area (Å²) >= 11 is 0. The van der Waals surface area contributed by atoms with Crippen molar-refractivity contribution in [3.05, 3.63) is 83.2 Å². The molecule has 150 valence electrons. The number of amides is 1. The number of rotatable bonds is 8. The Morgan fingerprint density at radius 1 is 0.966 bits per heavy atom. The Labute approximate surface area is 173 Å². The van der Waals surface area contributed by atoms with Crippen molar-refractivity contribution in [2.45, 2.75) is 46.5 Å². The quantitative estimate of drug-likeness (QED) is 0.490. The lowest BCUT2D eigenvalue weighted by Crippen LogP contribution is -2.14. The largest absolute Gasteiger partial charge is 0.457 e. The average molecular weight is 389 g/mol. The van der Waals surface area contributed by atoms with E-state index in [1.165, 1.54) is 5.56 Å². The molecule has 0 aliphatic heterocycles. The number of benzene rings is 2. The number of hydrogen-bond acceptors (Lipinski definition) is 3. The van der Waals surface area contributed by atoms with E-state index in [2.05, 4.69) is 30.2 Å². The van der Waals surface area contributed by atoms with Crippen molar-refractivity contribution in [2.75, 3.05) is 5.32 Å². The Morgan fingerprint density at radius 2 is 1.76 bits per heavy atom. The Morgan fingerprint density at radius 3 is 2.52 bits per heavy atom. The number of para-hydroxylation sites is 1. The van der Waals surface area contributed by atoms with E-state index in [9.17, 15) is 4.79 Å². The smallest absolute Gasteiger partial charge is 0.257 e. The molecule has 3 rings (SSSR count). The lowest BCUT2D eigenvalue weighted by Gasteiger charge is -2.12. The fraction of sp³-hybridized carbons (Fsp3) is 0.280. The average Bonchev–Trinajstić information content (AvgIpc) is 2.70. The highest BCUT2D eigenvalue weighted by Crippen LogP contribution is 2.28. The van der Waals surface area contributed by atoms with Gasteiger partial charge >= 0.3 is 0 Å². The van der Waals surface area contributed by atoms with Crippen LogP contribution in [0, 0.1) is 6.92 Å². The van der Waals surface area contributed by atoms with E-state index in [1.54, 1.807) is 0 Å². The minimum atomic E-state index is -0.165. The molecule has 4 nitrogen and oxygen atoms in total. The molecule has 3 aromatic rings. The predicted molar refractivity (Wildman–Crippen MR) is 118 cm³/mol. The van der Waals surface area contributed by atoms with Gasteiger partial charge in [-0.05, 0) is 55.7 Å². The SMILES string of the molecule is CCCc1ccc(C(=O)Nc2cccc(Oc3ccccc3CCC)c2)c(C)n1. The van der Waals surface area contributed by atoms with Crippen molar-refractivity contribution >= 4 is 11.6 Å². The summed E-state index contributed by atoms with van der Waals surface area (Å²) < 4.78 is 6.09. The first-order valence-corrected chi connectivity index (χ1v) is 10.2. The molecule has 0 unspecified atom stereocenters. The minimum Gasteiger partial charge on any atom is -0.457 e. The highest BCUT2D eigenvalue weighted by Gasteiger charge is 2.12. The van der Waals surface area contributed by atoms with Crippen LogP contribution in [0.25, 0.3) is 0 Å². The number of carbonyl (C=O) groups excluding carboxylic acids is 1. The van der Waals surface area contributed by atoms with Gasteiger partial charge in [-0.2, -0.15) is 0 Å². The summed E-state index contributed by atoms with van der Waals surface area (Å²) in [5.74, 6) is 1.38. The van der Waals surface area contributed by atoms with Crippen molar-refractivity contribution in [2.24, 2.45) is 0 Å². The molecule has 0 radical (unpaired) electrons. The van der Waals surface area contributed by atoms with Crippen LogP contribution in [0.1, 0.15) is 54.0 Å². The van der Waals surface area contributed by atoms with Gasteiger partial charge in [0.05, 0.1) is 11.3 Å². The third-order valence-electron chi connectivity index (χ3n) is 4.71. The first kappa shape index (κ1) is 20.6. The Kier molecular flexibility index (Phi) is 7.01. The highest BCUT2D eigenvalue weighted by molar-refractivity contribution is 6.05. The molecule has 0 saturated heterocycles. The van der Waals surface area contributed by atoms with Crippen LogP contribution in [-0.2, 0) is 12.8 Å². The van der Waals surface area contributed by atoms with Gasteiger partial charge in [-0.15, -0.1) is 0 Å². The van der Waals surface area contributed by atoms with Gasteiger partial charge < -0.3 is 10.1 Å². The lowest BCUT2D eigenvalue weighted by atomic mass is 10.1. The maximum Gasteiger partial charge on any atom is 0.257 e. The zero-order chi connectivity index (χ0) is 20.6. The van der Waals surface area contributed by atoms with Crippen LogP contribution in [0.2, 0.25) is 0 Å². The number of nitrogens with one attached hydrogen (secondary N) is 1. The molecule has 1 N–H and O–H groups in total. The van der Waals surface area contributed by atoms with Gasteiger partial charge in [0, 0.05) is 17.4 Å². The number of carbonyl (C=O) groups is 1. The van der Waals surface area contributed by atoms with Gasteiger partial charge in [0.1, 0.15) is 11.5 Å². The molecule has 0 aliphatic rings. The number of pyridine rings is 1. The molecule has 0 atom stereocenters. The van der Waals surface area contributed by atoms with Crippen molar-refractivity contribution in [1.82, 2.24) is 4.98 Å². The molecule has 29 heavy (non-hydrogen) atoms. The fourth-order valence-electron chi connectivity index (χ4n) is 3.29. The molecular weight excluding hydrogens is 360 g/mol. The fourth-order valence-corrected chi connectivity index (χ4v) is 3.29. The van der Waals surface area contributed by atoms with Crippen LogP contribution in [0.5, 0.6) is 11.5 Å². The third kappa shape index (κ3) is 5.44. The summed E-state index contributed by atoms with van der Waals surface area (Å²) in [4.78, 5) is 17.3. The highest BCUT2D eigenvalue weighted by atomic mass is 16.5. The number of aromatic nitrogens is 1. The van der Waals surface area contributed by atoms with Crippen LogP contribution < -0.4 is 10.1 Å². The van der Waals surface area contributed by atoms with Crippen LogP contribution in [-0.4, -0.2) is 10.9 Å². The Hall–Kier alpha value is -3.14. The minimum absolute atomic E-state index is 0.165. The maximum atomic E-state index is 12.7. The van der Waals surface area contributed by atoms with Gasteiger partial charge in [0.25, 0.3) is 5.91 Å². The van der Waals surface area contributed by atoms with Crippen molar-refractivity contribution in [3.8, 4) is 11.5 Å². The number of hydrogen-bond donors (Lipinski definition) is 1. The zero-order valence-electron chi connectivity index (χ0n) is 17.4. The molecule has 0 spiro atoms. The maximum absolute atomic E-state index is 12.7.